The van der Waals surface area contributed by atoms with Crippen LogP contribution in [0, 0.1) is 25.5 Å². The first kappa shape index (κ1) is 19.2. The van der Waals surface area contributed by atoms with Crippen molar-refractivity contribution in [1.29, 1.82) is 0 Å². The third-order valence-electron chi connectivity index (χ3n) is 5.05. The number of aryl methyl sites for hydroxylation is 2. The molecule has 1 fully saturated rings. The van der Waals surface area contributed by atoms with Gasteiger partial charge < -0.3 is 4.90 Å². The summed E-state index contributed by atoms with van der Waals surface area (Å²) < 4.78 is 27.3. The van der Waals surface area contributed by atoms with Crippen LogP contribution in [0.15, 0.2) is 42.5 Å². The van der Waals surface area contributed by atoms with E-state index in [0.717, 1.165) is 19.6 Å². The summed E-state index contributed by atoms with van der Waals surface area (Å²) >= 11 is 0. The van der Waals surface area contributed by atoms with Gasteiger partial charge in [-0.2, -0.15) is 0 Å². The number of carbonyl (C=O) groups excluding carboxylic acids is 1. The second kappa shape index (κ2) is 8.44. The van der Waals surface area contributed by atoms with Gasteiger partial charge in [-0.25, -0.2) is 8.78 Å². The highest BCUT2D eigenvalue weighted by Gasteiger charge is 2.20. The molecule has 1 amide bonds. The Kier molecular flexibility index (Phi) is 6.01. The maximum Gasteiger partial charge on any atom is 0.246 e. The van der Waals surface area contributed by atoms with Crippen LogP contribution in [-0.4, -0.2) is 41.9 Å². The minimum absolute atomic E-state index is 0.181. The zero-order valence-corrected chi connectivity index (χ0v) is 15.7. The van der Waals surface area contributed by atoms with E-state index in [-0.39, 0.29) is 11.5 Å². The van der Waals surface area contributed by atoms with Crippen LogP contribution in [0.25, 0.3) is 6.08 Å². The van der Waals surface area contributed by atoms with Crippen LogP contribution in [0.4, 0.5) is 8.78 Å². The average molecular weight is 370 g/mol. The molecule has 1 aliphatic rings. The largest absolute Gasteiger partial charge is 0.337 e. The molecule has 3 rings (SSSR count). The van der Waals surface area contributed by atoms with Gasteiger partial charge in [-0.1, -0.05) is 24.3 Å². The van der Waals surface area contributed by atoms with E-state index < -0.39 is 11.6 Å². The number of piperazine rings is 1. The number of benzene rings is 2. The quantitative estimate of drug-likeness (QED) is 0.761. The number of carbonyl (C=O) groups is 1. The summed E-state index contributed by atoms with van der Waals surface area (Å²) in [5.74, 6) is -1.56. The molecule has 1 aliphatic heterocycles. The monoisotopic (exact) mass is 370 g/mol. The number of hydrogen-bond acceptors (Lipinski definition) is 2. The van der Waals surface area contributed by atoms with Crippen molar-refractivity contribution >= 4 is 12.0 Å². The van der Waals surface area contributed by atoms with Crippen molar-refractivity contribution in [2.45, 2.75) is 20.4 Å². The van der Waals surface area contributed by atoms with Crippen LogP contribution in [0.5, 0.6) is 0 Å². The minimum Gasteiger partial charge on any atom is -0.337 e. The van der Waals surface area contributed by atoms with Gasteiger partial charge in [-0.3, -0.25) is 9.69 Å². The molecule has 0 unspecified atom stereocenters. The van der Waals surface area contributed by atoms with Gasteiger partial charge in [0.25, 0.3) is 0 Å². The van der Waals surface area contributed by atoms with E-state index in [9.17, 15) is 13.6 Å². The second-order valence-electron chi connectivity index (χ2n) is 6.99. The Morgan fingerprint density at radius 3 is 2.30 bits per heavy atom. The molecule has 0 radical (unpaired) electrons. The van der Waals surface area contributed by atoms with Gasteiger partial charge in [0, 0.05) is 44.4 Å². The van der Waals surface area contributed by atoms with Gasteiger partial charge in [0.2, 0.25) is 5.91 Å². The third-order valence-corrected chi connectivity index (χ3v) is 5.05. The molecule has 3 nitrogen and oxygen atoms in total. The predicted octanol–water partition coefficient (Wildman–Crippen LogP) is 3.94. The molecule has 5 heteroatoms. The average Bonchev–Trinajstić information content (AvgIpc) is 2.65. The number of halogens is 2. The summed E-state index contributed by atoms with van der Waals surface area (Å²) in [5.41, 5.74) is 3.66. The van der Waals surface area contributed by atoms with Crippen molar-refractivity contribution in [2.24, 2.45) is 0 Å². The standard InChI is InChI=1S/C22H24F2N2O/c1-16-6-7-18(14-17(16)2)15-25-10-12-26(13-11-25)22(27)9-8-19-20(23)4-3-5-21(19)24/h3-9,14H,10-13,15H2,1-2H3/b9-8+. The summed E-state index contributed by atoms with van der Waals surface area (Å²) in [4.78, 5) is 16.3. The van der Waals surface area contributed by atoms with Gasteiger partial charge in [0.1, 0.15) is 11.6 Å². The molecule has 0 aromatic heterocycles. The SMILES string of the molecule is Cc1ccc(CN2CCN(C(=O)/C=C/c3c(F)cccc3F)CC2)cc1C. The Morgan fingerprint density at radius 1 is 1.00 bits per heavy atom. The van der Waals surface area contributed by atoms with Gasteiger partial charge in [-0.05, 0) is 48.7 Å². The first-order chi connectivity index (χ1) is 12.9. The Bertz CT molecular complexity index is 835. The molecule has 1 heterocycles. The highest BCUT2D eigenvalue weighted by Crippen LogP contribution is 2.15. The fraction of sp³-hybridized carbons (Fsp3) is 0.318. The highest BCUT2D eigenvalue weighted by atomic mass is 19.1. The Balaban J connectivity index is 1.54. The van der Waals surface area contributed by atoms with Crippen LogP contribution in [0.1, 0.15) is 22.3 Å². The molecule has 0 saturated carbocycles. The first-order valence-corrected chi connectivity index (χ1v) is 9.13. The van der Waals surface area contributed by atoms with Crippen LogP contribution in [0.2, 0.25) is 0 Å². The second-order valence-corrected chi connectivity index (χ2v) is 6.99. The summed E-state index contributed by atoms with van der Waals surface area (Å²) in [5, 5.41) is 0. The fourth-order valence-corrected chi connectivity index (χ4v) is 3.22. The number of hydrogen-bond donors (Lipinski definition) is 0. The molecule has 0 aliphatic carbocycles. The smallest absolute Gasteiger partial charge is 0.246 e. The van der Waals surface area contributed by atoms with E-state index in [1.165, 1.54) is 47.0 Å². The van der Waals surface area contributed by atoms with Crippen LogP contribution in [-0.2, 0) is 11.3 Å². The van der Waals surface area contributed by atoms with E-state index in [1.54, 1.807) is 4.90 Å². The highest BCUT2D eigenvalue weighted by molar-refractivity contribution is 5.91. The summed E-state index contributed by atoms with van der Waals surface area (Å²) in [6.07, 6.45) is 2.47. The first-order valence-electron chi connectivity index (χ1n) is 9.13. The summed E-state index contributed by atoms with van der Waals surface area (Å²) in [7, 11) is 0. The molecule has 0 bridgehead atoms. The van der Waals surface area contributed by atoms with Crippen molar-refractivity contribution in [2.75, 3.05) is 26.2 Å². The molecule has 0 spiro atoms. The lowest BCUT2D eigenvalue weighted by molar-refractivity contribution is -0.127. The number of amides is 1. The lowest BCUT2D eigenvalue weighted by Crippen LogP contribution is -2.47. The van der Waals surface area contributed by atoms with Crippen LogP contribution in [0.3, 0.4) is 0 Å². The Morgan fingerprint density at radius 2 is 1.67 bits per heavy atom. The molecular formula is C22H24F2N2O. The zero-order chi connectivity index (χ0) is 19.4. The van der Waals surface area contributed by atoms with Gasteiger partial charge >= 0.3 is 0 Å². The van der Waals surface area contributed by atoms with Crippen molar-refractivity contribution < 1.29 is 13.6 Å². The van der Waals surface area contributed by atoms with Crippen molar-refractivity contribution in [1.82, 2.24) is 9.80 Å². The molecule has 1 saturated heterocycles. The Hall–Kier alpha value is -2.53. The fourth-order valence-electron chi connectivity index (χ4n) is 3.22. The lowest BCUT2D eigenvalue weighted by Gasteiger charge is -2.34. The van der Waals surface area contributed by atoms with E-state index in [1.807, 2.05) is 0 Å². The zero-order valence-electron chi connectivity index (χ0n) is 15.7. The van der Waals surface area contributed by atoms with Crippen LogP contribution < -0.4 is 0 Å². The molecule has 27 heavy (non-hydrogen) atoms. The molecule has 142 valence electrons. The van der Waals surface area contributed by atoms with Crippen molar-refractivity contribution in [3.05, 3.63) is 76.4 Å². The number of rotatable bonds is 4. The van der Waals surface area contributed by atoms with Crippen molar-refractivity contribution in [3.63, 3.8) is 0 Å². The van der Waals surface area contributed by atoms with E-state index in [4.69, 9.17) is 0 Å². The van der Waals surface area contributed by atoms with Gasteiger partial charge in [-0.15, -0.1) is 0 Å². The molecular weight excluding hydrogens is 346 g/mol. The van der Waals surface area contributed by atoms with Crippen molar-refractivity contribution in [3.8, 4) is 0 Å². The predicted molar refractivity (Wildman–Crippen MR) is 103 cm³/mol. The molecule has 0 atom stereocenters. The minimum atomic E-state index is -0.669. The number of nitrogens with zero attached hydrogens (tertiary/aromatic N) is 2. The maximum absolute atomic E-state index is 13.6. The van der Waals surface area contributed by atoms with E-state index in [2.05, 4.69) is 36.9 Å². The van der Waals surface area contributed by atoms with Gasteiger partial charge in [0.15, 0.2) is 0 Å². The summed E-state index contributed by atoms with van der Waals surface area (Å²) in [6.45, 7) is 7.84. The molecule has 0 N–H and O–H groups in total. The van der Waals surface area contributed by atoms with Crippen LogP contribution >= 0.6 is 0 Å². The van der Waals surface area contributed by atoms with Gasteiger partial charge in [0.05, 0.1) is 0 Å². The normalized spacial score (nSPS) is 15.5. The third kappa shape index (κ3) is 4.80. The maximum atomic E-state index is 13.6. The molecule has 2 aromatic carbocycles. The summed E-state index contributed by atoms with van der Waals surface area (Å²) in [6, 6.07) is 10.2. The molecule has 2 aromatic rings. The topological polar surface area (TPSA) is 23.6 Å². The lowest BCUT2D eigenvalue weighted by atomic mass is 10.1. The van der Waals surface area contributed by atoms with E-state index >= 15 is 0 Å². The van der Waals surface area contributed by atoms with E-state index in [0.29, 0.717) is 13.1 Å². The Labute approximate surface area is 158 Å².